The molecule has 90 valence electrons. The summed E-state index contributed by atoms with van der Waals surface area (Å²) in [6.07, 6.45) is 1.75. The van der Waals surface area contributed by atoms with Gasteiger partial charge >= 0.3 is 0 Å². The standard InChI is InChI=1S/C13H21NO2/c1-4-13(5-2,10-15)14-11-8-6-7-9-12(11)16-3/h6-9,14-15H,4-5,10H2,1-3H3. The van der Waals surface area contributed by atoms with Crippen molar-refractivity contribution in [1.82, 2.24) is 0 Å². The highest BCUT2D eigenvalue weighted by molar-refractivity contribution is 5.57. The minimum absolute atomic E-state index is 0.123. The number of hydrogen-bond donors (Lipinski definition) is 2. The third-order valence-corrected chi connectivity index (χ3v) is 3.16. The lowest BCUT2D eigenvalue weighted by Crippen LogP contribution is -2.40. The van der Waals surface area contributed by atoms with E-state index in [4.69, 9.17) is 4.74 Å². The molecule has 0 bridgehead atoms. The molecule has 2 N–H and O–H groups in total. The molecule has 0 saturated heterocycles. The third-order valence-electron chi connectivity index (χ3n) is 3.16. The number of rotatable bonds is 6. The number of nitrogens with one attached hydrogen (secondary N) is 1. The lowest BCUT2D eigenvalue weighted by atomic mass is 9.93. The number of hydrogen-bond acceptors (Lipinski definition) is 3. The van der Waals surface area contributed by atoms with E-state index in [1.807, 2.05) is 24.3 Å². The predicted octanol–water partition coefficient (Wildman–Crippen LogP) is 2.66. The average Bonchev–Trinajstić information content (AvgIpc) is 2.36. The van der Waals surface area contributed by atoms with Gasteiger partial charge in [-0.3, -0.25) is 0 Å². The van der Waals surface area contributed by atoms with E-state index in [0.717, 1.165) is 24.3 Å². The summed E-state index contributed by atoms with van der Waals surface area (Å²) < 4.78 is 5.28. The zero-order valence-electron chi connectivity index (χ0n) is 10.3. The summed E-state index contributed by atoms with van der Waals surface area (Å²) in [6.45, 7) is 4.27. The maximum Gasteiger partial charge on any atom is 0.141 e. The first-order valence-corrected chi connectivity index (χ1v) is 5.73. The molecule has 3 heteroatoms. The summed E-state index contributed by atoms with van der Waals surface area (Å²) in [5.74, 6) is 0.808. The Morgan fingerprint density at radius 1 is 1.25 bits per heavy atom. The van der Waals surface area contributed by atoms with Crippen LogP contribution in [0.4, 0.5) is 5.69 Å². The Hall–Kier alpha value is -1.22. The van der Waals surface area contributed by atoms with Gasteiger partial charge in [-0.05, 0) is 25.0 Å². The smallest absolute Gasteiger partial charge is 0.141 e. The molecule has 1 aromatic rings. The predicted molar refractivity (Wildman–Crippen MR) is 67.0 cm³/mol. The summed E-state index contributed by atoms with van der Waals surface area (Å²) in [5, 5.41) is 12.9. The highest BCUT2D eigenvalue weighted by Crippen LogP contribution is 2.29. The van der Waals surface area contributed by atoms with Crippen LogP contribution in [-0.4, -0.2) is 24.4 Å². The van der Waals surface area contributed by atoms with Crippen molar-refractivity contribution < 1.29 is 9.84 Å². The fourth-order valence-electron chi connectivity index (χ4n) is 1.72. The number of para-hydroxylation sites is 2. The van der Waals surface area contributed by atoms with Crippen LogP contribution in [-0.2, 0) is 0 Å². The van der Waals surface area contributed by atoms with E-state index in [9.17, 15) is 5.11 Å². The largest absolute Gasteiger partial charge is 0.495 e. The van der Waals surface area contributed by atoms with Crippen molar-refractivity contribution >= 4 is 5.69 Å². The van der Waals surface area contributed by atoms with Gasteiger partial charge in [-0.25, -0.2) is 0 Å². The fraction of sp³-hybridized carbons (Fsp3) is 0.538. The van der Waals surface area contributed by atoms with E-state index in [2.05, 4.69) is 19.2 Å². The molecule has 0 aliphatic rings. The fourth-order valence-corrected chi connectivity index (χ4v) is 1.72. The molecule has 0 spiro atoms. The first-order valence-electron chi connectivity index (χ1n) is 5.73. The molecule has 0 aliphatic carbocycles. The Labute approximate surface area is 97.4 Å². The number of aliphatic hydroxyl groups excluding tert-OH is 1. The molecule has 3 nitrogen and oxygen atoms in total. The zero-order valence-corrected chi connectivity index (χ0v) is 10.3. The SMILES string of the molecule is CCC(CC)(CO)Nc1ccccc1OC. The second-order valence-electron chi connectivity index (χ2n) is 3.97. The number of anilines is 1. The normalized spacial score (nSPS) is 11.2. The van der Waals surface area contributed by atoms with Gasteiger partial charge in [-0.15, -0.1) is 0 Å². The second-order valence-corrected chi connectivity index (χ2v) is 3.97. The van der Waals surface area contributed by atoms with Crippen molar-refractivity contribution in [1.29, 1.82) is 0 Å². The van der Waals surface area contributed by atoms with Gasteiger partial charge in [0.25, 0.3) is 0 Å². The van der Waals surface area contributed by atoms with Gasteiger partial charge < -0.3 is 15.2 Å². The maximum atomic E-state index is 9.50. The number of benzene rings is 1. The van der Waals surface area contributed by atoms with Gasteiger partial charge in [-0.2, -0.15) is 0 Å². The molecule has 0 atom stereocenters. The van der Waals surface area contributed by atoms with Crippen LogP contribution in [0.15, 0.2) is 24.3 Å². The topological polar surface area (TPSA) is 41.5 Å². The molecule has 0 aromatic heterocycles. The Balaban J connectivity index is 2.93. The summed E-state index contributed by atoms with van der Waals surface area (Å²) >= 11 is 0. The summed E-state index contributed by atoms with van der Waals surface area (Å²) in [5.41, 5.74) is 0.678. The second kappa shape index (κ2) is 5.75. The summed E-state index contributed by atoms with van der Waals surface area (Å²) in [6, 6.07) is 7.77. The molecule has 0 radical (unpaired) electrons. The van der Waals surface area contributed by atoms with Crippen molar-refractivity contribution in [2.24, 2.45) is 0 Å². The quantitative estimate of drug-likeness (QED) is 0.779. The van der Waals surface area contributed by atoms with Crippen LogP contribution >= 0.6 is 0 Å². The third kappa shape index (κ3) is 2.67. The Bertz CT molecular complexity index is 313. The van der Waals surface area contributed by atoms with Crippen molar-refractivity contribution in [2.45, 2.75) is 32.2 Å². The van der Waals surface area contributed by atoms with Gasteiger partial charge in [0.05, 0.1) is 24.9 Å². The first-order chi connectivity index (χ1) is 7.71. The molecule has 16 heavy (non-hydrogen) atoms. The van der Waals surface area contributed by atoms with E-state index < -0.39 is 0 Å². The van der Waals surface area contributed by atoms with Gasteiger partial charge in [0.2, 0.25) is 0 Å². The Morgan fingerprint density at radius 2 is 1.88 bits per heavy atom. The Morgan fingerprint density at radius 3 is 2.38 bits per heavy atom. The molecule has 1 rings (SSSR count). The van der Waals surface area contributed by atoms with Crippen molar-refractivity contribution in [3.8, 4) is 5.75 Å². The van der Waals surface area contributed by atoms with Gasteiger partial charge in [0.1, 0.15) is 5.75 Å². The molecule has 0 amide bonds. The molecule has 1 aromatic carbocycles. The van der Waals surface area contributed by atoms with Crippen LogP contribution in [0.2, 0.25) is 0 Å². The monoisotopic (exact) mass is 223 g/mol. The van der Waals surface area contributed by atoms with Crippen LogP contribution in [0, 0.1) is 0 Å². The van der Waals surface area contributed by atoms with Crippen LogP contribution in [0.3, 0.4) is 0 Å². The van der Waals surface area contributed by atoms with Crippen LogP contribution in [0.5, 0.6) is 5.75 Å². The molecule has 0 unspecified atom stereocenters. The van der Waals surface area contributed by atoms with Gasteiger partial charge in [0.15, 0.2) is 0 Å². The van der Waals surface area contributed by atoms with E-state index in [-0.39, 0.29) is 12.1 Å². The van der Waals surface area contributed by atoms with Crippen LogP contribution in [0.1, 0.15) is 26.7 Å². The first kappa shape index (κ1) is 12.8. The van der Waals surface area contributed by atoms with E-state index in [1.54, 1.807) is 7.11 Å². The van der Waals surface area contributed by atoms with E-state index >= 15 is 0 Å². The highest BCUT2D eigenvalue weighted by Gasteiger charge is 2.25. The van der Waals surface area contributed by atoms with Crippen molar-refractivity contribution in [3.05, 3.63) is 24.3 Å². The lowest BCUT2D eigenvalue weighted by molar-refractivity contribution is 0.202. The van der Waals surface area contributed by atoms with Gasteiger partial charge in [0, 0.05) is 0 Å². The molecular weight excluding hydrogens is 202 g/mol. The van der Waals surface area contributed by atoms with E-state index in [1.165, 1.54) is 0 Å². The minimum Gasteiger partial charge on any atom is -0.495 e. The summed E-state index contributed by atoms with van der Waals surface area (Å²) in [4.78, 5) is 0. The minimum atomic E-state index is -0.255. The molecule has 0 aliphatic heterocycles. The highest BCUT2D eigenvalue weighted by atomic mass is 16.5. The number of methoxy groups -OCH3 is 1. The molecule has 0 heterocycles. The average molecular weight is 223 g/mol. The Kier molecular flexibility index (Phi) is 4.62. The number of aliphatic hydroxyl groups is 1. The molecule has 0 fully saturated rings. The lowest BCUT2D eigenvalue weighted by Gasteiger charge is -2.32. The van der Waals surface area contributed by atoms with Crippen molar-refractivity contribution in [2.75, 3.05) is 19.0 Å². The summed E-state index contributed by atoms with van der Waals surface area (Å²) in [7, 11) is 1.65. The maximum absolute atomic E-state index is 9.50. The van der Waals surface area contributed by atoms with E-state index in [0.29, 0.717) is 0 Å². The van der Waals surface area contributed by atoms with Crippen molar-refractivity contribution in [3.63, 3.8) is 0 Å². The zero-order chi connectivity index (χ0) is 12.0. The van der Waals surface area contributed by atoms with Gasteiger partial charge in [-0.1, -0.05) is 26.0 Å². The van der Waals surface area contributed by atoms with Crippen LogP contribution < -0.4 is 10.1 Å². The number of ether oxygens (including phenoxy) is 1. The molecule has 0 saturated carbocycles. The van der Waals surface area contributed by atoms with Crippen LogP contribution in [0.25, 0.3) is 0 Å². The molecular formula is C13H21NO2.